The first-order valence-electron chi connectivity index (χ1n) is 5.96. The highest BCUT2D eigenvalue weighted by Crippen LogP contribution is 2.38. The highest BCUT2D eigenvalue weighted by Gasteiger charge is 2.24. The number of nitrogens with zero attached hydrogens (tertiary/aromatic N) is 3. The molecule has 1 aromatic carbocycles. The lowest BCUT2D eigenvalue weighted by molar-refractivity contribution is -0.386. The van der Waals surface area contributed by atoms with Crippen LogP contribution in [0.3, 0.4) is 0 Å². The monoisotopic (exact) mass is 357 g/mol. The van der Waals surface area contributed by atoms with E-state index in [1.54, 1.807) is 13.0 Å². The Morgan fingerprint density at radius 1 is 1.57 bits per heavy atom. The van der Waals surface area contributed by atoms with Gasteiger partial charge < -0.3 is 14.4 Å². The van der Waals surface area contributed by atoms with Crippen molar-refractivity contribution in [3.8, 4) is 5.75 Å². The van der Waals surface area contributed by atoms with Gasteiger partial charge in [-0.15, -0.1) is 0 Å². The maximum atomic E-state index is 11.1. The number of hydrogen-bond donors (Lipinski definition) is 1. The van der Waals surface area contributed by atoms with Crippen LogP contribution in [0, 0.1) is 17.0 Å². The van der Waals surface area contributed by atoms with E-state index in [0.717, 1.165) is 0 Å². The molecule has 0 aliphatic carbocycles. The van der Waals surface area contributed by atoms with E-state index in [1.165, 1.54) is 13.0 Å². The van der Waals surface area contributed by atoms with Gasteiger partial charge in [0.15, 0.2) is 12.4 Å². The van der Waals surface area contributed by atoms with Crippen molar-refractivity contribution in [2.24, 2.45) is 0 Å². The normalized spacial score (nSPS) is 12.2. The Bertz CT molecular complexity index is 671. The fourth-order valence-corrected chi connectivity index (χ4v) is 2.20. The van der Waals surface area contributed by atoms with Gasteiger partial charge in [0, 0.05) is 16.1 Å². The molecule has 0 unspecified atom stereocenters. The molecular formula is C12H12BrN3O5. The molecule has 0 bridgehead atoms. The molecule has 0 spiro atoms. The average molecular weight is 358 g/mol. The zero-order valence-electron chi connectivity index (χ0n) is 11.2. The predicted molar refractivity (Wildman–Crippen MR) is 74.8 cm³/mol. The number of nitro benzene ring substituents is 1. The minimum absolute atomic E-state index is 0.0194. The molecule has 0 saturated carbocycles. The summed E-state index contributed by atoms with van der Waals surface area (Å²) in [6.07, 6.45) is -0.930. The van der Waals surface area contributed by atoms with E-state index in [-0.39, 0.29) is 23.9 Å². The van der Waals surface area contributed by atoms with Crippen molar-refractivity contribution in [3.63, 3.8) is 0 Å². The van der Waals surface area contributed by atoms with E-state index < -0.39 is 11.0 Å². The van der Waals surface area contributed by atoms with E-state index in [0.29, 0.717) is 15.9 Å². The summed E-state index contributed by atoms with van der Waals surface area (Å²) in [7, 11) is 0. The topological polar surface area (TPSA) is 112 Å². The Labute approximate surface area is 128 Å². The van der Waals surface area contributed by atoms with Crippen molar-refractivity contribution in [1.82, 2.24) is 10.1 Å². The number of rotatable bonds is 5. The van der Waals surface area contributed by atoms with E-state index in [9.17, 15) is 15.2 Å². The summed E-state index contributed by atoms with van der Waals surface area (Å²) < 4.78 is 10.8. The molecule has 1 heterocycles. The van der Waals surface area contributed by atoms with Crippen molar-refractivity contribution in [1.29, 1.82) is 0 Å². The summed E-state index contributed by atoms with van der Waals surface area (Å²) in [6, 6.07) is 2.87. The molecule has 2 rings (SSSR count). The van der Waals surface area contributed by atoms with Crippen LogP contribution in [-0.4, -0.2) is 20.2 Å². The molecule has 1 aromatic heterocycles. The number of halogens is 1. The fraction of sp³-hybridized carbons (Fsp3) is 0.333. The Kier molecular flexibility index (Phi) is 4.53. The lowest BCUT2D eigenvalue weighted by Gasteiger charge is -2.13. The quantitative estimate of drug-likeness (QED) is 0.646. The minimum Gasteiger partial charge on any atom is -0.476 e. The minimum atomic E-state index is -0.930. The van der Waals surface area contributed by atoms with Crippen molar-refractivity contribution in [2.75, 3.05) is 0 Å². The first-order valence-corrected chi connectivity index (χ1v) is 6.75. The fourth-order valence-electron chi connectivity index (χ4n) is 1.74. The Morgan fingerprint density at radius 2 is 2.29 bits per heavy atom. The third-order valence-corrected chi connectivity index (χ3v) is 3.08. The molecule has 2 aromatic rings. The van der Waals surface area contributed by atoms with Gasteiger partial charge in [0.2, 0.25) is 5.75 Å². The first-order chi connectivity index (χ1) is 9.88. The van der Waals surface area contributed by atoms with Crippen LogP contribution < -0.4 is 4.74 Å². The molecule has 21 heavy (non-hydrogen) atoms. The zero-order chi connectivity index (χ0) is 15.6. The summed E-state index contributed by atoms with van der Waals surface area (Å²) in [5.74, 6) is 0.616. The van der Waals surface area contributed by atoms with Gasteiger partial charge in [0.25, 0.3) is 5.89 Å². The largest absolute Gasteiger partial charge is 0.476 e. The molecule has 0 fully saturated rings. The highest BCUT2D eigenvalue weighted by molar-refractivity contribution is 9.10. The SMILES string of the molecule is Cc1noc(COc2c([C@@H](C)O)cc(Br)cc2[N+](=O)[O-])n1. The standard InChI is InChI=1S/C12H12BrN3O5/c1-6(17)9-3-8(13)4-10(16(18)19)12(9)20-5-11-14-7(2)15-21-11/h3-4,6,17H,5H2,1-2H3/t6-/m1/s1. The molecule has 0 aliphatic heterocycles. The Balaban J connectivity index is 2.37. The maximum Gasteiger partial charge on any atom is 0.312 e. The molecular weight excluding hydrogens is 346 g/mol. The molecule has 0 saturated heterocycles. The highest BCUT2D eigenvalue weighted by atomic mass is 79.9. The van der Waals surface area contributed by atoms with E-state index in [2.05, 4.69) is 26.1 Å². The molecule has 1 N–H and O–H groups in total. The van der Waals surface area contributed by atoms with Gasteiger partial charge in [-0.05, 0) is 19.9 Å². The van der Waals surface area contributed by atoms with Gasteiger partial charge >= 0.3 is 5.69 Å². The molecule has 9 heteroatoms. The second-order valence-corrected chi connectivity index (χ2v) is 5.22. The van der Waals surface area contributed by atoms with E-state index >= 15 is 0 Å². The molecule has 0 aliphatic rings. The number of nitro groups is 1. The van der Waals surface area contributed by atoms with E-state index in [1.807, 2.05) is 0 Å². The van der Waals surface area contributed by atoms with Crippen molar-refractivity contribution in [2.45, 2.75) is 26.6 Å². The maximum absolute atomic E-state index is 11.1. The second kappa shape index (κ2) is 6.19. The average Bonchev–Trinajstić information content (AvgIpc) is 2.81. The van der Waals surface area contributed by atoms with Crippen molar-refractivity contribution in [3.05, 3.63) is 44.0 Å². The van der Waals surface area contributed by atoms with Crippen molar-refractivity contribution < 1.29 is 19.3 Å². The number of ether oxygens (including phenoxy) is 1. The van der Waals surface area contributed by atoms with Crippen molar-refractivity contribution >= 4 is 21.6 Å². The summed E-state index contributed by atoms with van der Waals surface area (Å²) >= 11 is 3.17. The van der Waals surface area contributed by atoms with Crippen LogP contribution in [0.2, 0.25) is 0 Å². The number of benzene rings is 1. The summed E-state index contributed by atoms with van der Waals surface area (Å²) in [5.41, 5.74) is 0.0452. The second-order valence-electron chi connectivity index (χ2n) is 4.30. The molecule has 0 radical (unpaired) electrons. The van der Waals surface area contributed by atoms with Crippen LogP contribution in [0.4, 0.5) is 5.69 Å². The number of aliphatic hydroxyl groups excluding tert-OH is 1. The molecule has 0 amide bonds. The van der Waals surface area contributed by atoms with Crippen LogP contribution >= 0.6 is 15.9 Å². The summed E-state index contributed by atoms with van der Waals surface area (Å²) in [6.45, 7) is 3.02. The Hall–Kier alpha value is -2.00. The van der Waals surface area contributed by atoms with Crippen LogP contribution in [0.1, 0.15) is 30.3 Å². The third kappa shape index (κ3) is 3.56. The van der Waals surface area contributed by atoms with Crippen LogP contribution in [-0.2, 0) is 6.61 Å². The van der Waals surface area contributed by atoms with Crippen LogP contribution in [0.15, 0.2) is 21.1 Å². The number of aromatic nitrogens is 2. The zero-order valence-corrected chi connectivity index (χ0v) is 12.8. The predicted octanol–water partition coefficient (Wildman–Crippen LogP) is 2.68. The summed E-state index contributed by atoms with van der Waals surface area (Å²) in [5, 5.41) is 24.5. The molecule has 1 atom stereocenters. The number of hydrogen-bond acceptors (Lipinski definition) is 7. The van der Waals surface area contributed by atoms with E-state index in [4.69, 9.17) is 9.26 Å². The molecule has 8 nitrogen and oxygen atoms in total. The first kappa shape index (κ1) is 15.4. The smallest absolute Gasteiger partial charge is 0.312 e. The van der Waals surface area contributed by atoms with Gasteiger partial charge in [-0.25, -0.2) is 0 Å². The molecule has 112 valence electrons. The van der Waals surface area contributed by atoms with Gasteiger partial charge in [-0.2, -0.15) is 4.98 Å². The lowest BCUT2D eigenvalue weighted by atomic mass is 10.1. The van der Waals surface area contributed by atoms with Gasteiger partial charge in [0.05, 0.1) is 11.0 Å². The van der Waals surface area contributed by atoms with Gasteiger partial charge in [0.1, 0.15) is 0 Å². The van der Waals surface area contributed by atoms with Gasteiger partial charge in [-0.1, -0.05) is 21.1 Å². The third-order valence-electron chi connectivity index (χ3n) is 2.62. The number of aryl methyl sites for hydroxylation is 1. The summed E-state index contributed by atoms with van der Waals surface area (Å²) in [4.78, 5) is 14.5. The van der Waals surface area contributed by atoms with Crippen LogP contribution in [0.5, 0.6) is 5.75 Å². The van der Waals surface area contributed by atoms with Gasteiger partial charge in [-0.3, -0.25) is 10.1 Å². The Morgan fingerprint density at radius 3 is 2.81 bits per heavy atom. The number of aliphatic hydroxyl groups is 1. The van der Waals surface area contributed by atoms with Crippen LogP contribution in [0.25, 0.3) is 0 Å². The lowest BCUT2D eigenvalue weighted by Crippen LogP contribution is -2.05.